The minimum atomic E-state index is -0.399. The molecule has 4 heteroatoms. The fourth-order valence-corrected chi connectivity index (χ4v) is 6.73. The first kappa shape index (κ1) is 41.7. The van der Waals surface area contributed by atoms with Crippen molar-refractivity contribution in [2.75, 3.05) is 13.2 Å². The molecule has 264 valence electrons. The Balaban J connectivity index is 2.05. The van der Waals surface area contributed by atoms with Crippen LogP contribution in [-0.4, -0.2) is 25.2 Å². The molecule has 0 saturated heterocycles. The first-order valence-electron chi connectivity index (χ1n) is 20.1. The maximum atomic E-state index is 12.9. The van der Waals surface area contributed by atoms with E-state index in [-0.39, 0.29) is 11.9 Å². The van der Waals surface area contributed by atoms with Gasteiger partial charge < -0.3 is 9.47 Å². The summed E-state index contributed by atoms with van der Waals surface area (Å²) in [6, 6.07) is 0. The van der Waals surface area contributed by atoms with Gasteiger partial charge in [-0.05, 0) is 32.6 Å². The summed E-state index contributed by atoms with van der Waals surface area (Å²) in [4.78, 5) is 25.9. The van der Waals surface area contributed by atoms with Crippen LogP contribution in [0, 0.1) is 11.8 Å². The van der Waals surface area contributed by atoms with E-state index in [1.54, 1.807) is 0 Å². The van der Waals surface area contributed by atoms with Crippen molar-refractivity contribution in [1.82, 2.24) is 0 Å². The predicted octanol–water partition coefficient (Wildman–Crippen LogP) is 13.0. The standard InChI is InChI=1S/C41H76O4/c1-4-6-8-10-12-14-16-18-20-22-24-26-28-30-34-44-40(42)38-33-32-37(3)36-39(38)41(43)45-35-31-29-27-25-23-21-19-17-15-13-11-9-7-5-2/h32,38-39H,4-31,33-36H2,1-3H3. The Bertz CT molecular complexity index is 714. The van der Waals surface area contributed by atoms with Gasteiger partial charge >= 0.3 is 11.9 Å². The van der Waals surface area contributed by atoms with Crippen molar-refractivity contribution in [3.8, 4) is 0 Å². The van der Waals surface area contributed by atoms with Crippen molar-refractivity contribution in [3.05, 3.63) is 11.6 Å². The Morgan fingerprint density at radius 1 is 0.489 bits per heavy atom. The van der Waals surface area contributed by atoms with Gasteiger partial charge in [0, 0.05) is 0 Å². The lowest BCUT2D eigenvalue weighted by atomic mass is 9.80. The molecular formula is C41H76O4. The molecule has 0 radical (unpaired) electrons. The zero-order valence-electron chi connectivity index (χ0n) is 30.5. The molecule has 1 rings (SSSR count). The second-order valence-electron chi connectivity index (χ2n) is 14.2. The Hall–Kier alpha value is -1.32. The molecule has 2 atom stereocenters. The van der Waals surface area contributed by atoms with E-state index >= 15 is 0 Å². The highest BCUT2D eigenvalue weighted by atomic mass is 16.5. The Labute approximate surface area is 280 Å². The van der Waals surface area contributed by atoms with E-state index in [1.165, 1.54) is 160 Å². The molecule has 0 fully saturated rings. The molecule has 0 aliphatic heterocycles. The predicted molar refractivity (Wildman–Crippen MR) is 193 cm³/mol. The Morgan fingerprint density at radius 3 is 1.11 bits per heavy atom. The molecule has 0 aromatic carbocycles. The summed E-state index contributed by atoms with van der Waals surface area (Å²) in [5.74, 6) is -1.22. The molecule has 1 aliphatic carbocycles. The van der Waals surface area contributed by atoms with Crippen molar-refractivity contribution in [2.45, 2.75) is 213 Å². The van der Waals surface area contributed by atoms with Crippen molar-refractivity contribution in [3.63, 3.8) is 0 Å². The minimum absolute atomic E-state index is 0.212. The third kappa shape index (κ3) is 24.5. The van der Waals surface area contributed by atoms with Crippen LogP contribution in [0.3, 0.4) is 0 Å². The fourth-order valence-electron chi connectivity index (χ4n) is 6.73. The van der Waals surface area contributed by atoms with Crippen molar-refractivity contribution >= 4 is 11.9 Å². The number of carbonyl (C=O) groups excluding carboxylic acids is 2. The highest BCUT2D eigenvalue weighted by molar-refractivity contribution is 5.83. The van der Waals surface area contributed by atoms with Gasteiger partial charge in [-0.1, -0.05) is 192 Å². The highest BCUT2D eigenvalue weighted by Crippen LogP contribution is 2.32. The SMILES string of the molecule is CCCCCCCCCCCCCCCCOC(=O)C1CC=C(C)CC1C(=O)OCCCCCCCCCCCCCCCC. The van der Waals surface area contributed by atoms with E-state index in [2.05, 4.69) is 19.9 Å². The van der Waals surface area contributed by atoms with Crippen LogP contribution in [0.4, 0.5) is 0 Å². The third-order valence-corrected chi connectivity index (χ3v) is 9.84. The molecule has 0 bridgehead atoms. The first-order chi connectivity index (χ1) is 22.1. The van der Waals surface area contributed by atoms with Gasteiger partial charge in [0.1, 0.15) is 0 Å². The number of allylic oxidation sites excluding steroid dienone is 2. The molecule has 0 amide bonds. The normalized spacial score (nSPS) is 16.5. The number of hydrogen-bond acceptors (Lipinski definition) is 4. The zero-order valence-corrected chi connectivity index (χ0v) is 30.5. The van der Waals surface area contributed by atoms with Crippen LogP contribution in [0.15, 0.2) is 11.6 Å². The van der Waals surface area contributed by atoms with Gasteiger partial charge in [0.05, 0.1) is 25.0 Å². The van der Waals surface area contributed by atoms with Gasteiger partial charge in [0.2, 0.25) is 0 Å². The minimum Gasteiger partial charge on any atom is -0.465 e. The number of carbonyl (C=O) groups is 2. The molecule has 0 N–H and O–H groups in total. The average molecular weight is 633 g/mol. The van der Waals surface area contributed by atoms with Crippen LogP contribution in [-0.2, 0) is 19.1 Å². The summed E-state index contributed by atoms with van der Waals surface area (Å²) in [7, 11) is 0. The molecule has 45 heavy (non-hydrogen) atoms. The lowest BCUT2D eigenvalue weighted by molar-refractivity contribution is -0.161. The maximum Gasteiger partial charge on any atom is 0.310 e. The van der Waals surface area contributed by atoms with Crippen LogP contribution >= 0.6 is 0 Å². The van der Waals surface area contributed by atoms with Crippen LogP contribution < -0.4 is 0 Å². The number of hydrogen-bond donors (Lipinski definition) is 0. The van der Waals surface area contributed by atoms with E-state index in [0.29, 0.717) is 26.1 Å². The summed E-state index contributed by atoms with van der Waals surface area (Å²) in [5.41, 5.74) is 1.17. The second kappa shape index (κ2) is 31.3. The molecule has 1 aliphatic rings. The molecule has 2 unspecified atom stereocenters. The third-order valence-electron chi connectivity index (χ3n) is 9.84. The molecule has 0 saturated carbocycles. The van der Waals surface area contributed by atoms with Gasteiger partial charge in [-0.25, -0.2) is 0 Å². The fraction of sp³-hybridized carbons (Fsp3) is 0.902. The number of ether oxygens (including phenoxy) is 2. The topological polar surface area (TPSA) is 52.6 Å². The van der Waals surface area contributed by atoms with E-state index in [0.717, 1.165) is 25.7 Å². The van der Waals surface area contributed by atoms with Crippen molar-refractivity contribution in [2.24, 2.45) is 11.8 Å². The summed E-state index contributed by atoms with van der Waals surface area (Å²) in [5, 5.41) is 0. The van der Waals surface area contributed by atoms with Gasteiger partial charge in [0.25, 0.3) is 0 Å². The zero-order chi connectivity index (χ0) is 32.6. The van der Waals surface area contributed by atoms with Gasteiger partial charge in [-0.2, -0.15) is 0 Å². The summed E-state index contributed by atoms with van der Waals surface area (Å²) >= 11 is 0. The molecule has 4 nitrogen and oxygen atoms in total. The maximum absolute atomic E-state index is 12.9. The number of rotatable bonds is 32. The lowest BCUT2D eigenvalue weighted by Gasteiger charge is -2.27. The summed E-state index contributed by atoms with van der Waals surface area (Å²) < 4.78 is 11.3. The van der Waals surface area contributed by atoms with Crippen LogP contribution in [0.2, 0.25) is 0 Å². The van der Waals surface area contributed by atoms with E-state index < -0.39 is 11.8 Å². The van der Waals surface area contributed by atoms with E-state index in [4.69, 9.17) is 9.47 Å². The number of unbranched alkanes of at least 4 members (excludes halogenated alkanes) is 26. The number of esters is 2. The average Bonchev–Trinajstić information content (AvgIpc) is 3.04. The van der Waals surface area contributed by atoms with Crippen molar-refractivity contribution in [1.29, 1.82) is 0 Å². The monoisotopic (exact) mass is 633 g/mol. The smallest absolute Gasteiger partial charge is 0.310 e. The highest BCUT2D eigenvalue weighted by Gasteiger charge is 2.37. The van der Waals surface area contributed by atoms with Gasteiger partial charge in [-0.3, -0.25) is 9.59 Å². The van der Waals surface area contributed by atoms with Crippen LogP contribution in [0.25, 0.3) is 0 Å². The summed E-state index contributed by atoms with van der Waals surface area (Å²) in [6.45, 7) is 7.54. The van der Waals surface area contributed by atoms with Crippen molar-refractivity contribution < 1.29 is 19.1 Å². The van der Waals surface area contributed by atoms with Crippen LogP contribution in [0.5, 0.6) is 0 Å². The molecule has 0 heterocycles. The van der Waals surface area contributed by atoms with Gasteiger partial charge in [0.15, 0.2) is 0 Å². The molecule has 0 aromatic rings. The summed E-state index contributed by atoms with van der Waals surface area (Å²) in [6.07, 6.45) is 40.0. The second-order valence-corrected chi connectivity index (χ2v) is 14.2. The molecular weight excluding hydrogens is 556 g/mol. The molecule has 0 aromatic heterocycles. The molecule has 0 spiro atoms. The Morgan fingerprint density at radius 2 is 0.778 bits per heavy atom. The lowest BCUT2D eigenvalue weighted by Crippen LogP contribution is -2.34. The van der Waals surface area contributed by atoms with Gasteiger partial charge in [-0.15, -0.1) is 0 Å². The quantitative estimate of drug-likeness (QED) is 0.0420. The first-order valence-corrected chi connectivity index (χ1v) is 20.1. The van der Waals surface area contributed by atoms with E-state index in [9.17, 15) is 9.59 Å². The van der Waals surface area contributed by atoms with Crippen LogP contribution in [0.1, 0.15) is 213 Å². The van der Waals surface area contributed by atoms with E-state index in [1.807, 2.05) is 6.92 Å². The Kier molecular flexibility index (Phi) is 29.0. The largest absolute Gasteiger partial charge is 0.465 e.